The van der Waals surface area contributed by atoms with Gasteiger partial charge in [0.1, 0.15) is 5.15 Å². The third kappa shape index (κ3) is 2.94. The van der Waals surface area contributed by atoms with Gasteiger partial charge in [0.05, 0.1) is 5.56 Å². The zero-order valence-electron chi connectivity index (χ0n) is 13.2. The van der Waals surface area contributed by atoms with Gasteiger partial charge in [-0.25, -0.2) is 4.79 Å². The minimum atomic E-state index is -0.414. The Labute approximate surface area is 129 Å². The molecule has 118 valence electrons. The van der Waals surface area contributed by atoms with Crippen LogP contribution in [-0.2, 0) is 6.54 Å². The molecule has 21 heavy (non-hydrogen) atoms. The van der Waals surface area contributed by atoms with Crippen molar-refractivity contribution < 1.29 is 0 Å². The van der Waals surface area contributed by atoms with Gasteiger partial charge in [0, 0.05) is 12.1 Å². The van der Waals surface area contributed by atoms with Crippen LogP contribution in [-0.4, -0.2) is 34.1 Å². The summed E-state index contributed by atoms with van der Waals surface area (Å²) in [5.41, 5.74) is -0.295. The third-order valence-corrected chi connectivity index (χ3v) is 4.98. The number of aromatic nitrogens is 2. The number of hydrogen-bond donors (Lipinski definition) is 1. The summed E-state index contributed by atoms with van der Waals surface area (Å²) in [6.07, 6.45) is 4.28. The van der Waals surface area contributed by atoms with Gasteiger partial charge in [-0.1, -0.05) is 38.3 Å². The summed E-state index contributed by atoms with van der Waals surface area (Å²) >= 11 is 6.04. The Balaban J connectivity index is 2.52. The van der Waals surface area contributed by atoms with Gasteiger partial charge in [-0.2, -0.15) is 0 Å². The highest BCUT2D eigenvalue weighted by atomic mass is 35.5. The molecule has 1 aliphatic carbocycles. The second-order valence-electron chi connectivity index (χ2n) is 6.53. The Bertz CT molecular complexity index is 625. The van der Waals surface area contributed by atoms with E-state index in [1.165, 1.54) is 4.57 Å². The average molecular weight is 314 g/mol. The first-order valence-electron chi connectivity index (χ1n) is 7.48. The molecule has 1 heterocycles. The molecule has 0 radical (unpaired) electrons. The minimum Gasteiger partial charge on any atom is -0.302 e. The average Bonchev–Trinajstić information content (AvgIpc) is 2.83. The van der Waals surface area contributed by atoms with Crippen molar-refractivity contribution in [3.05, 3.63) is 31.6 Å². The SMILES string of the molecule is CC(C)c1c(Cl)[nH]c(=O)n(CC2(N(C)C)CCCC2)c1=O. The lowest BCUT2D eigenvalue weighted by Crippen LogP contribution is -2.51. The van der Waals surface area contributed by atoms with Crippen molar-refractivity contribution in [3.8, 4) is 0 Å². The molecular formula is C15H24ClN3O2. The molecule has 0 saturated heterocycles. The van der Waals surface area contributed by atoms with Crippen LogP contribution in [0.1, 0.15) is 51.0 Å². The Morgan fingerprint density at radius 2 is 1.86 bits per heavy atom. The fraction of sp³-hybridized carbons (Fsp3) is 0.733. The number of halogens is 1. The number of likely N-dealkylation sites (N-methyl/N-ethyl adjacent to an activating group) is 1. The van der Waals surface area contributed by atoms with E-state index in [0.717, 1.165) is 25.7 Å². The maximum absolute atomic E-state index is 12.6. The molecule has 1 aromatic heterocycles. The predicted octanol–water partition coefficient (Wildman–Crippen LogP) is 2.19. The molecule has 1 N–H and O–H groups in total. The lowest BCUT2D eigenvalue weighted by atomic mass is 9.95. The largest absolute Gasteiger partial charge is 0.329 e. The molecule has 1 saturated carbocycles. The van der Waals surface area contributed by atoms with E-state index in [1.54, 1.807) is 0 Å². The second-order valence-corrected chi connectivity index (χ2v) is 6.91. The van der Waals surface area contributed by atoms with E-state index < -0.39 is 5.69 Å². The third-order valence-electron chi connectivity index (χ3n) is 4.69. The summed E-state index contributed by atoms with van der Waals surface area (Å²) in [6.45, 7) is 4.23. The van der Waals surface area contributed by atoms with Crippen molar-refractivity contribution in [3.63, 3.8) is 0 Å². The Morgan fingerprint density at radius 3 is 2.33 bits per heavy atom. The van der Waals surface area contributed by atoms with E-state index in [1.807, 2.05) is 27.9 Å². The minimum absolute atomic E-state index is 0.0213. The van der Waals surface area contributed by atoms with Crippen molar-refractivity contribution in [1.29, 1.82) is 0 Å². The van der Waals surface area contributed by atoms with Crippen LogP contribution in [0.3, 0.4) is 0 Å². The summed E-state index contributed by atoms with van der Waals surface area (Å²) in [5, 5.41) is 0.168. The number of H-pyrrole nitrogens is 1. The van der Waals surface area contributed by atoms with Crippen molar-refractivity contribution in [1.82, 2.24) is 14.5 Å². The molecule has 2 rings (SSSR count). The van der Waals surface area contributed by atoms with Crippen molar-refractivity contribution >= 4 is 11.6 Å². The molecule has 0 aromatic carbocycles. The zero-order chi connectivity index (χ0) is 15.8. The highest BCUT2D eigenvalue weighted by Crippen LogP contribution is 2.34. The Morgan fingerprint density at radius 1 is 1.29 bits per heavy atom. The fourth-order valence-electron chi connectivity index (χ4n) is 3.28. The van der Waals surface area contributed by atoms with Crippen LogP contribution < -0.4 is 11.2 Å². The second kappa shape index (κ2) is 5.97. The standard InChI is InChI=1S/C15H24ClN3O2/c1-10(2)11-12(16)17-14(21)19(13(11)20)9-15(18(3)4)7-5-6-8-15/h10H,5-9H2,1-4H3,(H,17,21). The van der Waals surface area contributed by atoms with Crippen molar-refractivity contribution in [2.24, 2.45) is 0 Å². The van der Waals surface area contributed by atoms with Gasteiger partial charge in [0.15, 0.2) is 0 Å². The summed E-state index contributed by atoms with van der Waals surface area (Å²) in [7, 11) is 4.04. The van der Waals surface area contributed by atoms with Gasteiger partial charge >= 0.3 is 5.69 Å². The summed E-state index contributed by atoms with van der Waals surface area (Å²) in [4.78, 5) is 29.6. The van der Waals surface area contributed by atoms with Gasteiger partial charge in [0.2, 0.25) is 0 Å². The first kappa shape index (κ1) is 16.3. The summed E-state index contributed by atoms with van der Waals surface area (Å²) < 4.78 is 1.33. The topological polar surface area (TPSA) is 58.1 Å². The van der Waals surface area contributed by atoms with E-state index in [4.69, 9.17) is 11.6 Å². The van der Waals surface area contributed by atoms with Gasteiger partial charge in [-0.05, 0) is 32.9 Å². The molecule has 0 aliphatic heterocycles. The molecule has 1 fully saturated rings. The van der Waals surface area contributed by atoms with Gasteiger partial charge in [-0.15, -0.1) is 0 Å². The number of nitrogens with one attached hydrogen (secondary N) is 1. The Kier molecular flexibility index (Phi) is 4.63. The molecule has 1 aliphatic rings. The maximum Gasteiger partial charge on any atom is 0.329 e. The van der Waals surface area contributed by atoms with Crippen molar-refractivity contribution in [2.75, 3.05) is 14.1 Å². The number of aromatic amines is 1. The van der Waals surface area contributed by atoms with Gasteiger partial charge < -0.3 is 4.90 Å². The van der Waals surface area contributed by atoms with Gasteiger partial charge in [0.25, 0.3) is 5.56 Å². The van der Waals surface area contributed by atoms with E-state index in [2.05, 4.69) is 9.88 Å². The van der Waals surface area contributed by atoms with Crippen LogP contribution in [0.25, 0.3) is 0 Å². The van der Waals surface area contributed by atoms with Crippen LogP contribution in [0, 0.1) is 0 Å². The molecule has 0 spiro atoms. The first-order chi connectivity index (χ1) is 9.78. The van der Waals surface area contributed by atoms with Crippen LogP contribution in [0.4, 0.5) is 0 Å². The predicted molar refractivity (Wildman–Crippen MR) is 85.3 cm³/mol. The van der Waals surface area contributed by atoms with Crippen LogP contribution in [0.15, 0.2) is 9.59 Å². The molecule has 0 unspecified atom stereocenters. The molecule has 0 amide bonds. The summed E-state index contributed by atoms with van der Waals surface area (Å²) in [5.74, 6) is -0.0213. The zero-order valence-corrected chi connectivity index (χ0v) is 14.0. The first-order valence-corrected chi connectivity index (χ1v) is 7.86. The lowest BCUT2D eigenvalue weighted by Gasteiger charge is -2.36. The van der Waals surface area contributed by atoms with Crippen LogP contribution >= 0.6 is 11.6 Å². The number of hydrogen-bond acceptors (Lipinski definition) is 3. The molecular weight excluding hydrogens is 290 g/mol. The van der Waals surface area contributed by atoms with Gasteiger partial charge in [-0.3, -0.25) is 14.3 Å². The highest BCUT2D eigenvalue weighted by molar-refractivity contribution is 6.30. The van der Waals surface area contributed by atoms with E-state index in [-0.39, 0.29) is 22.2 Å². The smallest absolute Gasteiger partial charge is 0.302 e. The van der Waals surface area contributed by atoms with E-state index in [9.17, 15) is 9.59 Å². The van der Waals surface area contributed by atoms with Crippen LogP contribution in [0.5, 0.6) is 0 Å². The maximum atomic E-state index is 12.6. The molecule has 0 atom stereocenters. The molecule has 5 nitrogen and oxygen atoms in total. The highest BCUT2D eigenvalue weighted by Gasteiger charge is 2.37. The number of nitrogens with zero attached hydrogens (tertiary/aromatic N) is 2. The van der Waals surface area contributed by atoms with Crippen molar-refractivity contribution in [2.45, 2.75) is 57.5 Å². The summed E-state index contributed by atoms with van der Waals surface area (Å²) in [6, 6.07) is 0. The monoisotopic (exact) mass is 313 g/mol. The van der Waals surface area contributed by atoms with Crippen LogP contribution in [0.2, 0.25) is 5.15 Å². The quantitative estimate of drug-likeness (QED) is 0.867. The molecule has 6 heteroatoms. The normalized spacial score (nSPS) is 17.9. The Hall–Kier alpha value is -1.07. The van der Waals surface area contributed by atoms with E-state index >= 15 is 0 Å². The fourth-order valence-corrected chi connectivity index (χ4v) is 3.66. The van der Waals surface area contributed by atoms with E-state index in [0.29, 0.717) is 12.1 Å². The molecule has 0 bridgehead atoms. The molecule has 1 aromatic rings. The lowest BCUT2D eigenvalue weighted by molar-refractivity contribution is 0.130. The number of rotatable bonds is 4.